The van der Waals surface area contributed by atoms with E-state index in [9.17, 15) is 4.79 Å². The molecule has 0 aromatic heterocycles. The number of amidine groups is 2. The molecule has 152 valence electrons. The van der Waals surface area contributed by atoms with Gasteiger partial charge in [0.2, 0.25) is 5.91 Å². The van der Waals surface area contributed by atoms with Gasteiger partial charge in [-0.15, -0.1) is 0 Å². The standard InChI is InChI=1S/C19H27ClN6OS/c1-4-5-8-22-15(27)10-28-19-23-18-16(12(3)24-25-18)17(21)26(19)14-9-13(20)7-6-11(14)2/h6-7,9,12,16,18,21,24-25H,4-5,8,10H2,1-3H3,(H,22,27). The summed E-state index contributed by atoms with van der Waals surface area (Å²) < 4.78 is 0. The van der Waals surface area contributed by atoms with Crippen molar-refractivity contribution < 1.29 is 4.79 Å². The molecule has 9 heteroatoms. The Labute approximate surface area is 175 Å². The van der Waals surface area contributed by atoms with E-state index in [1.165, 1.54) is 11.8 Å². The lowest BCUT2D eigenvalue weighted by atomic mass is 9.96. The highest BCUT2D eigenvalue weighted by Gasteiger charge is 2.44. The zero-order valence-electron chi connectivity index (χ0n) is 16.4. The van der Waals surface area contributed by atoms with Gasteiger partial charge < -0.3 is 5.32 Å². The number of aliphatic imine (C=N–C) groups is 1. The van der Waals surface area contributed by atoms with E-state index in [0.29, 0.717) is 22.6 Å². The van der Waals surface area contributed by atoms with Gasteiger partial charge in [0.25, 0.3) is 0 Å². The number of carbonyl (C=O) groups is 1. The maximum Gasteiger partial charge on any atom is 0.230 e. The minimum Gasteiger partial charge on any atom is -0.355 e. The SMILES string of the molecule is CCCCNC(=O)CSC1=NC2NNC(C)C2C(=N)N1c1cc(Cl)ccc1C. The van der Waals surface area contributed by atoms with E-state index in [-0.39, 0.29) is 29.8 Å². The molecule has 3 rings (SSSR count). The first kappa shape index (κ1) is 21.1. The molecule has 3 atom stereocenters. The molecule has 4 N–H and O–H groups in total. The number of nitrogens with zero attached hydrogens (tertiary/aromatic N) is 2. The van der Waals surface area contributed by atoms with Crippen LogP contribution >= 0.6 is 23.4 Å². The highest BCUT2D eigenvalue weighted by Crippen LogP contribution is 2.34. The van der Waals surface area contributed by atoms with Gasteiger partial charge >= 0.3 is 0 Å². The van der Waals surface area contributed by atoms with Crippen LogP contribution in [0.1, 0.15) is 32.3 Å². The quantitative estimate of drug-likeness (QED) is 0.529. The molecule has 7 nitrogen and oxygen atoms in total. The highest BCUT2D eigenvalue weighted by molar-refractivity contribution is 8.14. The fourth-order valence-electron chi connectivity index (χ4n) is 3.34. The number of carbonyl (C=O) groups excluding carboxylic acids is 1. The first-order chi connectivity index (χ1) is 13.4. The minimum absolute atomic E-state index is 0.0246. The van der Waals surface area contributed by atoms with Crippen molar-refractivity contribution in [3.63, 3.8) is 0 Å². The molecule has 0 bridgehead atoms. The van der Waals surface area contributed by atoms with E-state index in [1.54, 1.807) is 0 Å². The van der Waals surface area contributed by atoms with E-state index >= 15 is 0 Å². The van der Waals surface area contributed by atoms with Gasteiger partial charge in [-0.1, -0.05) is 42.8 Å². The van der Waals surface area contributed by atoms with Crippen LogP contribution in [0.25, 0.3) is 0 Å². The number of anilines is 1. The molecule has 2 heterocycles. The average Bonchev–Trinajstić information content (AvgIpc) is 3.03. The number of halogens is 1. The molecule has 1 aromatic carbocycles. The molecular formula is C19H27ClN6OS. The summed E-state index contributed by atoms with van der Waals surface area (Å²) in [4.78, 5) is 18.8. The lowest BCUT2D eigenvalue weighted by Crippen LogP contribution is -2.50. The molecule has 2 aliphatic heterocycles. The number of amides is 1. The van der Waals surface area contributed by atoms with Crippen molar-refractivity contribution in [2.45, 2.75) is 45.8 Å². The number of unbranched alkanes of at least 4 members (excludes halogenated alkanes) is 1. The summed E-state index contributed by atoms with van der Waals surface area (Å²) >= 11 is 7.58. The molecule has 1 aromatic rings. The number of nitrogens with one attached hydrogen (secondary N) is 4. The monoisotopic (exact) mass is 422 g/mol. The topological polar surface area (TPSA) is 92.6 Å². The van der Waals surface area contributed by atoms with Crippen LogP contribution in [-0.4, -0.2) is 41.4 Å². The van der Waals surface area contributed by atoms with Crippen LogP contribution < -0.4 is 21.1 Å². The second-order valence-electron chi connectivity index (χ2n) is 7.10. The minimum atomic E-state index is -0.219. The molecule has 2 aliphatic rings. The zero-order valence-corrected chi connectivity index (χ0v) is 18.0. The third kappa shape index (κ3) is 4.51. The van der Waals surface area contributed by atoms with Gasteiger partial charge in [-0.05, 0) is 38.0 Å². The maximum atomic E-state index is 12.2. The van der Waals surface area contributed by atoms with Gasteiger partial charge in [-0.3, -0.25) is 20.5 Å². The second kappa shape index (κ2) is 9.26. The Balaban J connectivity index is 1.85. The van der Waals surface area contributed by atoms with Crippen LogP contribution in [0.15, 0.2) is 23.2 Å². The van der Waals surface area contributed by atoms with Crippen molar-refractivity contribution in [1.82, 2.24) is 16.2 Å². The van der Waals surface area contributed by atoms with E-state index in [1.807, 2.05) is 36.9 Å². The molecule has 1 amide bonds. The number of thioether (sulfide) groups is 1. The molecule has 3 unspecified atom stereocenters. The number of hydrogen-bond donors (Lipinski definition) is 4. The Morgan fingerprint density at radius 2 is 2.21 bits per heavy atom. The van der Waals surface area contributed by atoms with Crippen molar-refractivity contribution in [2.24, 2.45) is 10.9 Å². The third-order valence-corrected chi connectivity index (χ3v) is 6.12. The van der Waals surface area contributed by atoms with Crippen molar-refractivity contribution in [1.29, 1.82) is 5.41 Å². The summed E-state index contributed by atoms with van der Waals surface area (Å²) in [5.41, 5.74) is 8.15. The number of aryl methyl sites for hydroxylation is 1. The summed E-state index contributed by atoms with van der Waals surface area (Å²) in [6, 6.07) is 5.70. The fraction of sp³-hybridized carbons (Fsp3) is 0.526. The molecule has 1 fully saturated rings. The van der Waals surface area contributed by atoms with Gasteiger partial charge in [0.05, 0.1) is 17.4 Å². The Morgan fingerprint density at radius 3 is 2.96 bits per heavy atom. The van der Waals surface area contributed by atoms with E-state index in [2.05, 4.69) is 23.1 Å². The molecule has 0 aliphatic carbocycles. The fourth-order valence-corrected chi connectivity index (χ4v) is 4.38. The number of rotatable bonds is 6. The molecule has 0 spiro atoms. The van der Waals surface area contributed by atoms with Crippen LogP contribution in [0.4, 0.5) is 5.69 Å². The van der Waals surface area contributed by atoms with E-state index in [4.69, 9.17) is 22.0 Å². The Morgan fingerprint density at radius 1 is 1.43 bits per heavy atom. The van der Waals surface area contributed by atoms with Gasteiger partial charge in [0, 0.05) is 17.6 Å². The summed E-state index contributed by atoms with van der Waals surface area (Å²) in [6.45, 7) is 6.79. The summed E-state index contributed by atoms with van der Waals surface area (Å²) in [7, 11) is 0. The Hall–Kier alpha value is -1.61. The highest BCUT2D eigenvalue weighted by atomic mass is 35.5. The van der Waals surface area contributed by atoms with Crippen LogP contribution in [0.3, 0.4) is 0 Å². The molecule has 28 heavy (non-hydrogen) atoms. The van der Waals surface area contributed by atoms with Crippen molar-refractivity contribution in [3.8, 4) is 0 Å². The first-order valence-corrected chi connectivity index (χ1v) is 10.9. The third-order valence-electron chi connectivity index (χ3n) is 4.93. The lowest BCUT2D eigenvalue weighted by Gasteiger charge is -2.36. The van der Waals surface area contributed by atoms with Crippen molar-refractivity contribution >= 4 is 46.0 Å². The summed E-state index contributed by atoms with van der Waals surface area (Å²) in [6.07, 6.45) is 1.79. The van der Waals surface area contributed by atoms with Gasteiger partial charge in [0.15, 0.2) is 5.17 Å². The van der Waals surface area contributed by atoms with Gasteiger partial charge in [-0.2, -0.15) is 0 Å². The van der Waals surface area contributed by atoms with Gasteiger partial charge in [-0.25, -0.2) is 10.4 Å². The molecule has 0 radical (unpaired) electrons. The van der Waals surface area contributed by atoms with Crippen molar-refractivity contribution in [2.75, 3.05) is 17.2 Å². The Bertz CT molecular complexity index is 786. The summed E-state index contributed by atoms with van der Waals surface area (Å²) in [5.74, 6) is 0.584. The number of hydrogen-bond acceptors (Lipinski definition) is 6. The predicted octanol–water partition coefficient (Wildman–Crippen LogP) is 2.89. The molecule has 0 saturated carbocycles. The lowest BCUT2D eigenvalue weighted by molar-refractivity contribution is -0.118. The van der Waals surface area contributed by atoms with Crippen LogP contribution in [0.2, 0.25) is 5.02 Å². The van der Waals surface area contributed by atoms with Gasteiger partial charge in [0.1, 0.15) is 12.0 Å². The first-order valence-electron chi connectivity index (χ1n) is 9.55. The molecular weight excluding hydrogens is 396 g/mol. The van der Waals surface area contributed by atoms with Crippen LogP contribution in [0.5, 0.6) is 0 Å². The smallest absolute Gasteiger partial charge is 0.230 e. The average molecular weight is 423 g/mol. The second-order valence-corrected chi connectivity index (χ2v) is 8.48. The van der Waals surface area contributed by atoms with E-state index < -0.39 is 0 Å². The Kier molecular flexibility index (Phi) is 6.98. The van der Waals surface area contributed by atoms with Crippen LogP contribution in [0, 0.1) is 18.3 Å². The number of benzene rings is 1. The van der Waals surface area contributed by atoms with Crippen molar-refractivity contribution in [3.05, 3.63) is 28.8 Å². The largest absolute Gasteiger partial charge is 0.355 e. The number of hydrazine groups is 1. The zero-order chi connectivity index (χ0) is 20.3. The maximum absolute atomic E-state index is 12.2. The predicted molar refractivity (Wildman–Crippen MR) is 117 cm³/mol. The van der Waals surface area contributed by atoms with Crippen LogP contribution in [-0.2, 0) is 4.79 Å². The molecule has 1 saturated heterocycles. The normalized spacial score (nSPS) is 24.1. The van der Waals surface area contributed by atoms with E-state index in [0.717, 1.165) is 24.1 Å². The number of fused-ring (bicyclic) bond motifs is 1. The summed E-state index contributed by atoms with van der Waals surface area (Å²) in [5, 5.41) is 13.0.